The molecule has 0 aliphatic carbocycles. The van der Waals surface area contributed by atoms with Crippen LogP contribution < -0.4 is 20.3 Å². The van der Waals surface area contributed by atoms with E-state index in [1.165, 1.54) is 0 Å². The van der Waals surface area contributed by atoms with Crippen LogP contribution in [0.4, 0.5) is 5.69 Å². The summed E-state index contributed by atoms with van der Waals surface area (Å²) in [7, 11) is 1.74. The molecule has 1 aliphatic heterocycles. The number of carbonyl (C=O) groups is 1. The van der Waals surface area contributed by atoms with E-state index in [9.17, 15) is 4.79 Å². The maximum atomic E-state index is 11.9. The van der Waals surface area contributed by atoms with Gasteiger partial charge in [0.25, 0.3) is 0 Å². The van der Waals surface area contributed by atoms with Gasteiger partial charge in [-0.15, -0.1) is 24.0 Å². The summed E-state index contributed by atoms with van der Waals surface area (Å²) in [5.41, 5.74) is 4.13. The van der Waals surface area contributed by atoms with Gasteiger partial charge in [0.2, 0.25) is 11.8 Å². The lowest BCUT2D eigenvalue weighted by atomic mass is 10.2. The summed E-state index contributed by atoms with van der Waals surface area (Å²) in [5, 5.41) is 6.65. The monoisotopic (exact) mass is 571 g/mol. The molecule has 7 nitrogen and oxygen atoms in total. The number of aromatic nitrogens is 1. The molecular weight excluding hydrogens is 541 g/mol. The van der Waals surface area contributed by atoms with E-state index in [1.807, 2.05) is 71.6 Å². The van der Waals surface area contributed by atoms with Crippen LogP contribution in [0.3, 0.4) is 0 Å². The number of carbonyl (C=O) groups excluding carboxylic acids is 1. The van der Waals surface area contributed by atoms with Crippen LogP contribution in [-0.4, -0.2) is 30.4 Å². The van der Waals surface area contributed by atoms with Crippen LogP contribution in [0.1, 0.15) is 29.5 Å². The molecule has 0 spiro atoms. The minimum absolute atomic E-state index is 0. The molecule has 0 saturated carbocycles. The second kappa shape index (κ2) is 12.9. The van der Waals surface area contributed by atoms with Gasteiger partial charge in [0.05, 0.1) is 0 Å². The lowest BCUT2D eigenvalue weighted by Gasteiger charge is -2.17. The average Bonchev–Trinajstić information content (AvgIpc) is 3.30. The Morgan fingerprint density at radius 2 is 1.76 bits per heavy atom. The minimum atomic E-state index is 0. The van der Waals surface area contributed by atoms with Crippen molar-refractivity contribution in [3.8, 4) is 5.88 Å². The molecule has 178 valence electrons. The fourth-order valence-electron chi connectivity index (χ4n) is 3.71. The number of hydrogen-bond acceptors (Lipinski definition) is 4. The van der Waals surface area contributed by atoms with Gasteiger partial charge in [-0.25, -0.2) is 4.98 Å². The molecule has 0 unspecified atom stereocenters. The van der Waals surface area contributed by atoms with Crippen molar-refractivity contribution in [2.75, 3.05) is 18.5 Å². The highest BCUT2D eigenvalue weighted by molar-refractivity contribution is 14.0. The molecule has 2 N–H and O–H groups in total. The Hall–Kier alpha value is -3.14. The van der Waals surface area contributed by atoms with E-state index in [1.54, 1.807) is 13.2 Å². The van der Waals surface area contributed by atoms with Crippen molar-refractivity contribution in [2.45, 2.75) is 32.5 Å². The second-order valence-corrected chi connectivity index (χ2v) is 7.84. The average molecular weight is 571 g/mol. The van der Waals surface area contributed by atoms with Gasteiger partial charge in [-0.05, 0) is 35.7 Å². The summed E-state index contributed by atoms with van der Waals surface area (Å²) >= 11 is 0. The van der Waals surface area contributed by atoms with Crippen LogP contribution in [0.25, 0.3) is 0 Å². The van der Waals surface area contributed by atoms with Crippen LogP contribution in [0.5, 0.6) is 5.88 Å². The van der Waals surface area contributed by atoms with E-state index in [0.29, 0.717) is 38.0 Å². The fraction of sp³-hybridized carbons (Fsp3) is 0.269. The zero-order valence-corrected chi connectivity index (χ0v) is 21.6. The predicted octanol–water partition coefficient (Wildman–Crippen LogP) is 4.27. The molecule has 8 heteroatoms. The molecule has 34 heavy (non-hydrogen) atoms. The lowest BCUT2D eigenvalue weighted by molar-refractivity contribution is -0.117. The molecule has 1 aliphatic rings. The van der Waals surface area contributed by atoms with Crippen LogP contribution in [0, 0.1) is 0 Å². The van der Waals surface area contributed by atoms with Gasteiger partial charge in [0.1, 0.15) is 6.61 Å². The van der Waals surface area contributed by atoms with Gasteiger partial charge in [-0.1, -0.05) is 48.5 Å². The number of ether oxygens (including phenoxy) is 1. The third-order valence-corrected chi connectivity index (χ3v) is 5.52. The van der Waals surface area contributed by atoms with Gasteiger partial charge >= 0.3 is 0 Å². The van der Waals surface area contributed by atoms with E-state index >= 15 is 0 Å². The number of guanidine groups is 1. The van der Waals surface area contributed by atoms with Crippen molar-refractivity contribution in [3.05, 3.63) is 89.6 Å². The summed E-state index contributed by atoms with van der Waals surface area (Å²) in [6.45, 7) is 2.43. The largest absolute Gasteiger partial charge is 0.473 e. The summed E-state index contributed by atoms with van der Waals surface area (Å²) < 4.78 is 5.94. The number of anilines is 1. The summed E-state index contributed by atoms with van der Waals surface area (Å²) in [6.07, 6.45) is 3.30. The minimum Gasteiger partial charge on any atom is -0.473 e. The maximum absolute atomic E-state index is 11.9. The molecule has 1 aromatic heterocycles. The number of benzene rings is 2. The fourth-order valence-corrected chi connectivity index (χ4v) is 3.71. The molecule has 4 rings (SSSR count). The van der Waals surface area contributed by atoms with Crippen LogP contribution in [0.15, 0.2) is 77.9 Å². The highest BCUT2D eigenvalue weighted by Gasteiger charge is 2.21. The first-order chi connectivity index (χ1) is 16.2. The van der Waals surface area contributed by atoms with Crippen molar-refractivity contribution >= 4 is 41.5 Å². The van der Waals surface area contributed by atoms with Crippen molar-refractivity contribution in [1.29, 1.82) is 0 Å². The standard InChI is InChI=1S/C26H29N5O2.HI/c1-27-26(29-17-20-11-13-23(14-12-20)31-16-6-10-24(31)32)30-18-22-9-5-15-28-25(22)33-19-21-7-3-2-4-8-21;/h2-5,7-9,11-15H,6,10,16-19H2,1H3,(H2,27,29,30);1H. The highest BCUT2D eigenvalue weighted by atomic mass is 127. The number of rotatable bonds is 8. The molecule has 0 atom stereocenters. The third kappa shape index (κ3) is 6.93. The van der Waals surface area contributed by atoms with Crippen LogP contribution >= 0.6 is 24.0 Å². The summed E-state index contributed by atoms with van der Waals surface area (Å²) in [6, 6.07) is 22.0. The van der Waals surface area contributed by atoms with Crippen LogP contribution in [0.2, 0.25) is 0 Å². The van der Waals surface area contributed by atoms with Gasteiger partial charge in [-0.2, -0.15) is 0 Å². The van der Waals surface area contributed by atoms with Gasteiger partial charge in [0, 0.05) is 50.6 Å². The van der Waals surface area contributed by atoms with Gasteiger partial charge < -0.3 is 20.3 Å². The Bertz CT molecular complexity index is 1090. The Morgan fingerprint density at radius 3 is 2.47 bits per heavy atom. The van der Waals surface area contributed by atoms with Gasteiger partial charge in [-0.3, -0.25) is 9.79 Å². The number of nitrogens with zero attached hydrogens (tertiary/aromatic N) is 3. The Labute approximate surface area is 217 Å². The zero-order chi connectivity index (χ0) is 22.9. The molecule has 2 aromatic carbocycles. The first kappa shape index (κ1) is 25.5. The van der Waals surface area contributed by atoms with Crippen molar-refractivity contribution in [1.82, 2.24) is 15.6 Å². The Morgan fingerprint density at radius 1 is 1.00 bits per heavy atom. The summed E-state index contributed by atoms with van der Waals surface area (Å²) in [5.74, 6) is 1.50. The van der Waals surface area contributed by atoms with Gasteiger partial charge in [0.15, 0.2) is 5.96 Å². The van der Waals surface area contributed by atoms with Crippen molar-refractivity contribution < 1.29 is 9.53 Å². The first-order valence-electron chi connectivity index (χ1n) is 11.2. The first-order valence-corrected chi connectivity index (χ1v) is 11.2. The van der Waals surface area contributed by atoms with E-state index in [2.05, 4.69) is 20.6 Å². The SMILES string of the molecule is CN=C(NCc1ccc(N2CCCC2=O)cc1)NCc1cccnc1OCc1ccccc1.I. The van der Waals surface area contributed by atoms with E-state index in [4.69, 9.17) is 4.74 Å². The Balaban J connectivity index is 0.00000324. The van der Waals surface area contributed by atoms with E-state index in [-0.39, 0.29) is 29.9 Å². The maximum Gasteiger partial charge on any atom is 0.227 e. The third-order valence-electron chi connectivity index (χ3n) is 5.52. The number of amides is 1. The van der Waals surface area contributed by atoms with Crippen molar-refractivity contribution in [2.24, 2.45) is 4.99 Å². The lowest BCUT2D eigenvalue weighted by Crippen LogP contribution is -2.36. The molecule has 1 fully saturated rings. The normalized spacial score (nSPS) is 13.4. The predicted molar refractivity (Wildman–Crippen MR) is 145 cm³/mol. The number of nitrogens with one attached hydrogen (secondary N) is 2. The Kier molecular flexibility index (Phi) is 9.69. The molecule has 1 amide bonds. The molecule has 1 saturated heterocycles. The number of aliphatic imine (C=N–C) groups is 1. The molecule has 0 bridgehead atoms. The highest BCUT2D eigenvalue weighted by Crippen LogP contribution is 2.21. The molecule has 2 heterocycles. The number of halogens is 1. The van der Waals surface area contributed by atoms with E-state index in [0.717, 1.165) is 35.3 Å². The van der Waals surface area contributed by atoms with Crippen LogP contribution in [-0.2, 0) is 24.5 Å². The van der Waals surface area contributed by atoms with Crippen molar-refractivity contribution in [3.63, 3.8) is 0 Å². The quantitative estimate of drug-likeness (QED) is 0.240. The van der Waals surface area contributed by atoms with E-state index < -0.39 is 0 Å². The summed E-state index contributed by atoms with van der Waals surface area (Å²) in [4.78, 5) is 22.5. The molecule has 0 radical (unpaired) electrons. The second-order valence-electron chi connectivity index (χ2n) is 7.84. The smallest absolute Gasteiger partial charge is 0.227 e. The number of hydrogen-bond donors (Lipinski definition) is 2. The number of pyridine rings is 1. The zero-order valence-electron chi connectivity index (χ0n) is 19.2. The molecule has 3 aromatic rings. The molecular formula is C26H30IN5O2. The topological polar surface area (TPSA) is 78.9 Å².